The van der Waals surface area contributed by atoms with Crippen LogP contribution in [0, 0.1) is 0 Å². The summed E-state index contributed by atoms with van der Waals surface area (Å²) in [6.45, 7) is 1.88. The first kappa shape index (κ1) is 9.81. The van der Waals surface area contributed by atoms with Crippen molar-refractivity contribution < 1.29 is 9.84 Å². The average Bonchev–Trinajstić information content (AvgIpc) is 2.18. The Kier molecular flexibility index (Phi) is 3.53. The molecule has 0 saturated heterocycles. The Labute approximate surface area is 78.5 Å². The molecule has 0 aliphatic rings. The Bertz CT molecular complexity index is 292. The first-order valence-electron chi connectivity index (χ1n) is 4.22. The minimum Gasteiger partial charge on any atom is -0.497 e. The number of hydrogen-bond donors (Lipinski definition) is 1. The summed E-state index contributed by atoms with van der Waals surface area (Å²) in [6, 6.07) is 7.41. The fraction of sp³-hybridized carbons (Fsp3) is 0.273. The number of allylic oxidation sites excluding steroid dienone is 1. The van der Waals surface area contributed by atoms with Crippen molar-refractivity contribution in [3.63, 3.8) is 0 Å². The minimum absolute atomic E-state index is 0.542. The second kappa shape index (κ2) is 4.67. The highest BCUT2D eigenvalue weighted by Crippen LogP contribution is 2.19. The SMILES string of the molecule is C/C=C/C(O)c1cccc(OC)c1. The van der Waals surface area contributed by atoms with Crippen LogP contribution < -0.4 is 4.74 Å². The molecule has 0 aromatic heterocycles. The molecule has 1 unspecified atom stereocenters. The van der Waals surface area contributed by atoms with E-state index in [1.807, 2.05) is 37.3 Å². The smallest absolute Gasteiger partial charge is 0.119 e. The van der Waals surface area contributed by atoms with Gasteiger partial charge in [-0.1, -0.05) is 24.3 Å². The Balaban J connectivity index is 2.87. The predicted molar refractivity (Wildman–Crippen MR) is 52.8 cm³/mol. The van der Waals surface area contributed by atoms with Gasteiger partial charge in [0.1, 0.15) is 5.75 Å². The van der Waals surface area contributed by atoms with Gasteiger partial charge in [0.05, 0.1) is 13.2 Å². The highest BCUT2D eigenvalue weighted by atomic mass is 16.5. The molecule has 1 N–H and O–H groups in total. The van der Waals surface area contributed by atoms with E-state index in [2.05, 4.69) is 0 Å². The highest BCUT2D eigenvalue weighted by Gasteiger charge is 2.02. The van der Waals surface area contributed by atoms with Crippen LogP contribution in [0.4, 0.5) is 0 Å². The summed E-state index contributed by atoms with van der Waals surface area (Å²) in [5, 5.41) is 9.60. The molecule has 0 aliphatic carbocycles. The van der Waals surface area contributed by atoms with Crippen LogP contribution in [0.25, 0.3) is 0 Å². The van der Waals surface area contributed by atoms with E-state index in [-0.39, 0.29) is 0 Å². The fourth-order valence-electron chi connectivity index (χ4n) is 1.12. The molecular weight excluding hydrogens is 164 g/mol. The standard InChI is InChI=1S/C11H14O2/c1-3-5-11(12)9-6-4-7-10(8-9)13-2/h3-8,11-12H,1-2H3/b5-3+. The maximum Gasteiger partial charge on any atom is 0.119 e. The van der Waals surface area contributed by atoms with Crippen molar-refractivity contribution >= 4 is 0 Å². The molecule has 1 atom stereocenters. The maximum absolute atomic E-state index is 9.60. The first-order chi connectivity index (χ1) is 6.27. The summed E-state index contributed by atoms with van der Waals surface area (Å²) in [5.74, 6) is 0.765. The van der Waals surface area contributed by atoms with Gasteiger partial charge in [0.2, 0.25) is 0 Å². The number of hydrogen-bond acceptors (Lipinski definition) is 2. The molecule has 13 heavy (non-hydrogen) atoms. The Morgan fingerprint density at radius 1 is 1.46 bits per heavy atom. The van der Waals surface area contributed by atoms with Gasteiger partial charge in [-0.3, -0.25) is 0 Å². The molecule has 2 heteroatoms. The van der Waals surface area contributed by atoms with E-state index in [0.717, 1.165) is 11.3 Å². The van der Waals surface area contributed by atoms with E-state index >= 15 is 0 Å². The molecule has 70 valence electrons. The number of benzene rings is 1. The van der Waals surface area contributed by atoms with E-state index in [9.17, 15) is 5.11 Å². The molecule has 1 rings (SSSR count). The molecule has 2 nitrogen and oxygen atoms in total. The first-order valence-corrected chi connectivity index (χ1v) is 4.22. The van der Waals surface area contributed by atoms with Gasteiger partial charge < -0.3 is 9.84 Å². The lowest BCUT2D eigenvalue weighted by molar-refractivity contribution is 0.228. The maximum atomic E-state index is 9.60. The van der Waals surface area contributed by atoms with Crippen LogP contribution in [0.15, 0.2) is 36.4 Å². The molecule has 0 bridgehead atoms. The van der Waals surface area contributed by atoms with Crippen LogP contribution in [0.1, 0.15) is 18.6 Å². The summed E-state index contributed by atoms with van der Waals surface area (Å²) in [6.07, 6.45) is 3.01. The Hall–Kier alpha value is -1.28. The summed E-state index contributed by atoms with van der Waals surface area (Å²) in [5.41, 5.74) is 0.845. The number of ether oxygens (including phenoxy) is 1. The molecule has 1 aromatic rings. The van der Waals surface area contributed by atoms with Crippen LogP contribution in [-0.2, 0) is 0 Å². The van der Waals surface area contributed by atoms with Crippen molar-refractivity contribution in [3.05, 3.63) is 42.0 Å². The fourth-order valence-corrected chi connectivity index (χ4v) is 1.12. The van der Waals surface area contributed by atoms with Crippen molar-refractivity contribution in [1.29, 1.82) is 0 Å². The lowest BCUT2D eigenvalue weighted by atomic mass is 10.1. The van der Waals surface area contributed by atoms with Crippen LogP contribution in [0.5, 0.6) is 5.75 Å². The number of methoxy groups -OCH3 is 1. The van der Waals surface area contributed by atoms with E-state index in [1.165, 1.54) is 0 Å². The second-order valence-corrected chi connectivity index (χ2v) is 2.75. The van der Waals surface area contributed by atoms with Crippen LogP contribution in [0.3, 0.4) is 0 Å². The lowest BCUT2D eigenvalue weighted by Gasteiger charge is -2.07. The third kappa shape index (κ3) is 2.60. The highest BCUT2D eigenvalue weighted by molar-refractivity contribution is 5.31. The van der Waals surface area contributed by atoms with Gasteiger partial charge in [0, 0.05) is 0 Å². The number of aliphatic hydroxyl groups excluding tert-OH is 1. The van der Waals surface area contributed by atoms with Crippen molar-refractivity contribution in [2.45, 2.75) is 13.0 Å². The summed E-state index contributed by atoms with van der Waals surface area (Å²) in [4.78, 5) is 0. The van der Waals surface area contributed by atoms with E-state index in [1.54, 1.807) is 13.2 Å². The molecule has 0 saturated carbocycles. The van der Waals surface area contributed by atoms with Crippen LogP contribution in [0.2, 0.25) is 0 Å². The third-order valence-corrected chi connectivity index (χ3v) is 1.81. The van der Waals surface area contributed by atoms with Crippen LogP contribution >= 0.6 is 0 Å². The molecule has 0 spiro atoms. The molecule has 0 amide bonds. The van der Waals surface area contributed by atoms with Gasteiger partial charge in [-0.15, -0.1) is 0 Å². The van der Waals surface area contributed by atoms with Gasteiger partial charge in [-0.05, 0) is 24.6 Å². The van der Waals surface area contributed by atoms with Crippen molar-refractivity contribution in [3.8, 4) is 5.75 Å². The number of aliphatic hydroxyl groups is 1. The second-order valence-electron chi connectivity index (χ2n) is 2.75. The molecule has 0 aliphatic heterocycles. The largest absolute Gasteiger partial charge is 0.497 e. The van der Waals surface area contributed by atoms with Crippen molar-refractivity contribution in [2.75, 3.05) is 7.11 Å². The quantitative estimate of drug-likeness (QED) is 0.720. The molecule has 0 heterocycles. The molecule has 0 fully saturated rings. The summed E-state index contributed by atoms with van der Waals surface area (Å²) < 4.78 is 5.05. The van der Waals surface area contributed by atoms with Gasteiger partial charge in [0.25, 0.3) is 0 Å². The molecule has 1 aromatic carbocycles. The van der Waals surface area contributed by atoms with Crippen molar-refractivity contribution in [1.82, 2.24) is 0 Å². The number of rotatable bonds is 3. The van der Waals surface area contributed by atoms with Crippen molar-refractivity contribution in [2.24, 2.45) is 0 Å². The molecule has 0 radical (unpaired) electrons. The van der Waals surface area contributed by atoms with Gasteiger partial charge in [-0.25, -0.2) is 0 Å². The minimum atomic E-state index is -0.542. The van der Waals surface area contributed by atoms with Gasteiger partial charge in [-0.2, -0.15) is 0 Å². The molecular formula is C11H14O2. The topological polar surface area (TPSA) is 29.5 Å². The van der Waals surface area contributed by atoms with Gasteiger partial charge in [0.15, 0.2) is 0 Å². The average molecular weight is 178 g/mol. The zero-order chi connectivity index (χ0) is 9.68. The normalized spacial score (nSPS) is 13.2. The Morgan fingerprint density at radius 2 is 2.23 bits per heavy atom. The third-order valence-electron chi connectivity index (χ3n) is 1.81. The predicted octanol–water partition coefficient (Wildman–Crippen LogP) is 2.30. The zero-order valence-electron chi connectivity index (χ0n) is 7.90. The van der Waals surface area contributed by atoms with Gasteiger partial charge >= 0.3 is 0 Å². The van der Waals surface area contributed by atoms with Crippen LogP contribution in [-0.4, -0.2) is 12.2 Å². The Morgan fingerprint density at radius 3 is 2.85 bits per heavy atom. The van der Waals surface area contributed by atoms with E-state index in [4.69, 9.17) is 4.74 Å². The lowest BCUT2D eigenvalue weighted by Crippen LogP contribution is -1.93. The summed E-state index contributed by atoms with van der Waals surface area (Å²) >= 11 is 0. The van der Waals surface area contributed by atoms with E-state index in [0.29, 0.717) is 0 Å². The zero-order valence-corrected chi connectivity index (χ0v) is 7.90. The summed E-state index contributed by atoms with van der Waals surface area (Å²) in [7, 11) is 1.61. The van der Waals surface area contributed by atoms with E-state index < -0.39 is 6.10 Å². The monoisotopic (exact) mass is 178 g/mol.